The highest BCUT2D eigenvalue weighted by molar-refractivity contribution is 5.79. The van der Waals surface area contributed by atoms with Gasteiger partial charge in [-0.05, 0) is 33.1 Å². The zero-order valence-corrected chi connectivity index (χ0v) is 15.4. The molecule has 0 spiro atoms. The minimum Gasteiger partial charge on any atom is -0.361 e. The lowest BCUT2D eigenvalue weighted by molar-refractivity contribution is -0.136. The van der Waals surface area contributed by atoms with Crippen LogP contribution in [0.2, 0.25) is 0 Å². The molecule has 2 atom stereocenters. The van der Waals surface area contributed by atoms with Gasteiger partial charge in [-0.3, -0.25) is 4.79 Å². The van der Waals surface area contributed by atoms with E-state index in [9.17, 15) is 4.79 Å². The average molecular weight is 346 g/mol. The van der Waals surface area contributed by atoms with E-state index in [0.717, 1.165) is 48.6 Å². The second-order valence-corrected chi connectivity index (χ2v) is 6.93. The number of hydrogen-bond donors (Lipinski definition) is 0. The largest absolute Gasteiger partial charge is 0.361 e. The molecule has 1 saturated heterocycles. The zero-order chi connectivity index (χ0) is 18.0. The summed E-state index contributed by atoms with van der Waals surface area (Å²) >= 11 is 0. The van der Waals surface area contributed by atoms with Gasteiger partial charge in [-0.25, -0.2) is 0 Å². The molecule has 2 aromatic rings. The number of amides is 1. The minimum atomic E-state index is -0.105. The first-order valence-corrected chi connectivity index (χ1v) is 9.02. The summed E-state index contributed by atoms with van der Waals surface area (Å²) in [6.07, 6.45) is 3.34. The summed E-state index contributed by atoms with van der Waals surface area (Å²) in [5.41, 5.74) is 1.91. The van der Waals surface area contributed by atoms with E-state index in [-0.39, 0.29) is 17.7 Å². The lowest BCUT2D eigenvalue weighted by atomic mass is 9.94. The van der Waals surface area contributed by atoms with Gasteiger partial charge in [0.1, 0.15) is 5.76 Å². The van der Waals surface area contributed by atoms with Crippen LogP contribution in [0, 0.1) is 19.8 Å². The molecule has 0 unspecified atom stereocenters. The monoisotopic (exact) mass is 346 g/mol. The van der Waals surface area contributed by atoms with Gasteiger partial charge in [-0.1, -0.05) is 24.2 Å². The fourth-order valence-corrected chi connectivity index (χ4v) is 3.46. The van der Waals surface area contributed by atoms with Crippen molar-refractivity contribution in [2.45, 2.75) is 59.3 Å². The molecule has 0 saturated carbocycles. The highest BCUT2D eigenvalue weighted by Crippen LogP contribution is 2.27. The average Bonchev–Trinajstić information content (AvgIpc) is 3.23. The highest BCUT2D eigenvalue weighted by atomic mass is 16.5. The zero-order valence-electron chi connectivity index (χ0n) is 15.4. The summed E-state index contributed by atoms with van der Waals surface area (Å²) in [5.74, 6) is 2.41. The van der Waals surface area contributed by atoms with Crippen LogP contribution in [0.25, 0.3) is 0 Å². The maximum absolute atomic E-state index is 12.9. The molecule has 7 nitrogen and oxygen atoms in total. The standard InChI is InChI=1S/C18H26N4O3/c1-5-16-19-17(21-25-16)14-7-6-8-22(10-14)18(23)11(2)9-15-12(3)20-24-13(15)4/h11,14H,5-10H2,1-4H3/t11-,14+/m1/s1. The molecule has 1 aliphatic rings. The van der Waals surface area contributed by atoms with Gasteiger partial charge in [-0.2, -0.15) is 4.98 Å². The number of rotatable bonds is 5. The Morgan fingerprint density at radius 2 is 2.12 bits per heavy atom. The van der Waals surface area contributed by atoms with Gasteiger partial charge in [0, 0.05) is 36.9 Å². The molecular weight excluding hydrogens is 320 g/mol. The smallest absolute Gasteiger partial charge is 0.226 e. The molecule has 1 fully saturated rings. The van der Waals surface area contributed by atoms with Gasteiger partial charge in [0.05, 0.1) is 5.69 Å². The van der Waals surface area contributed by atoms with Crippen LogP contribution in [0.15, 0.2) is 9.05 Å². The van der Waals surface area contributed by atoms with Crippen LogP contribution in [0.3, 0.4) is 0 Å². The lowest BCUT2D eigenvalue weighted by Gasteiger charge is -2.33. The van der Waals surface area contributed by atoms with Crippen LogP contribution in [0.1, 0.15) is 61.3 Å². The molecule has 0 aliphatic carbocycles. The number of likely N-dealkylation sites (tertiary alicyclic amines) is 1. The maximum Gasteiger partial charge on any atom is 0.226 e. The first-order chi connectivity index (χ1) is 12.0. The van der Waals surface area contributed by atoms with Crippen LogP contribution in [-0.4, -0.2) is 39.2 Å². The predicted molar refractivity (Wildman–Crippen MR) is 91.1 cm³/mol. The van der Waals surface area contributed by atoms with Gasteiger partial charge in [-0.15, -0.1) is 0 Å². The van der Waals surface area contributed by atoms with Crippen molar-refractivity contribution in [2.75, 3.05) is 13.1 Å². The Morgan fingerprint density at radius 1 is 1.32 bits per heavy atom. The quantitative estimate of drug-likeness (QED) is 0.827. The molecule has 2 aromatic heterocycles. The number of carbonyl (C=O) groups is 1. The number of carbonyl (C=O) groups excluding carboxylic acids is 1. The highest BCUT2D eigenvalue weighted by Gasteiger charge is 2.30. The maximum atomic E-state index is 12.9. The van der Waals surface area contributed by atoms with E-state index in [4.69, 9.17) is 9.05 Å². The molecule has 0 N–H and O–H groups in total. The van der Waals surface area contributed by atoms with Crippen molar-refractivity contribution in [3.8, 4) is 0 Å². The van der Waals surface area contributed by atoms with Crippen LogP contribution >= 0.6 is 0 Å². The molecular formula is C18H26N4O3. The number of aryl methyl sites for hydroxylation is 3. The fraction of sp³-hybridized carbons (Fsp3) is 0.667. The summed E-state index contributed by atoms with van der Waals surface area (Å²) in [6.45, 7) is 9.23. The molecule has 3 heterocycles. The molecule has 7 heteroatoms. The van der Waals surface area contributed by atoms with E-state index >= 15 is 0 Å². The van der Waals surface area contributed by atoms with E-state index in [1.54, 1.807) is 0 Å². The van der Waals surface area contributed by atoms with Crippen molar-refractivity contribution < 1.29 is 13.8 Å². The Labute approximate surface area is 147 Å². The van der Waals surface area contributed by atoms with Gasteiger partial charge < -0.3 is 13.9 Å². The van der Waals surface area contributed by atoms with E-state index in [1.807, 2.05) is 32.6 Å². The Bertz CT molecular complexity index is 717. The Morgan fingerprint density at radius 3 is 2.76 bits per heavy atom. The first-order valence-electron chi connectivity index (χ1n) is 9.02. The summed E-state index contributed by atoms with van der Waals surface area (Å²) < 4.78 is 10.4. The van der Waals surface area contributed by atoms with Gasteiger partial charge in [0.25, 0.3) is 0 Å². The Hall–Kier alpha value is -2.18. The van der Waals surface area contributed by atoms with E-state index in [1.165, 1.54) is 0 Å². The van der Waals surface area contributed by atoms with E-state index in [2.05, 4.69) is 15.3 Å². The molecule has 1 amide bonds. The second-order valence-electron chi connectivity index (χ2n) is 6.93. The van der Waals surface area contributed by atoms with Crippen LogP contribution in [-0.2, 0) is 17.6 Å². The second kappa shape index (κ2) is 7.37. The Kier molecular flexibility index (Phi) is 5.20. The molecule has 3 rings (SSSR count). The van der Waals surface area contributed by atoms with Crippen molar-refractivity contribution in [3.63, 3.8) is 0 Å². The first kappa shape index (κ1) is 17.6. The van der Waals surface area contributed by atoms with Crippen molar-refractivity contribution in [2.24, 2.45) is 5.92 Å². The Balaban J connectivity index is 1.65. The fourth-order valence-electron chi connectivity index (χ4n) is 3.46. The van der Waals surface area contributed by atoms with Gasteiger partial charge >= 0.3 is 0 Å². The SMILES string of the molecule is CCc1nc([C@H]2CCCN(C(=O)[C@H](C)Cc3c(C)noc3C)C2)no1. The van der Waals surface area contributed by atoms with Crippen LogP contribution in [0.4, 0.5) is 0 Å². The van der Waals surface area contributed by atoms with Gasteiger partial charge in [0.15, 0.2) is 5.82 Å². The summed E-state index contributed by atoms with van der Waals surface area (Å²) in [7, 11) is 0. The van der Waals surface area contributed by atoms with Gasteiger partial charge in [0.2, 0.25) is 11.8 Å². The number of nitrogens with zero attached hydrogens (tertiary/aromatic N) is 4. The van der Waals surface area contributed by atoms with Crippen molar-refractivity contribution in [1.29, 1.82) is 0 Å². The lowest BCUT2D eigenvalue weighted by Crippen LogP contribution is -2.42. The number of hydrogen-bond acceptors (Lipinski definition) is 6. The number of aromatic nitrogens is 3. The predicted octanol–water partition coefficient (Wildman–Crippen LogP) is 2.82. The third kappa shape index (κ3) is 3.75. The molecule has 0 radical (unpaired) electrons. The van der Waals surface area contributed by atoms with Crippen LogP contribution < -0.4 is 0 Å². The molecule has 0 aromatic carbocycles. The summed E-state index contributed by atoms with van der Waals surface area (Å²) in [6, 6.07) is 0. The third-order valence-corrected chi connectivity index (χ3v) is 5.00. The summed E-state index contributed by atoms with van der Waals surface area (Å²) in [5, 5.41) is 8.06. The van der Waals surface area contributed by atoms with Crippen molar-refractivity contribution in [1.82, 2.24) is 20.2 Å². The minimum absolute atomic E-state index is 0.105. The van der Waals surface area contributed by atoms with Crippen LogP contribution in [0.5, 0.6) is 0 Å². The van der Waals surface area contributed by atoms with E-state index < -0.39 is 0 Å². The van der Waals surface area contributed by atoms with E-state index in [0.29, 0.717) is 18.9 Å². The summed E-state index contributed by atoms with van der Waals surface area (Å²) in [4.78, 5) is 19.3. The molecule has 1 aliphatic heterocycles. The van der Waals surface area contributed by atoms with Crippen molar-refractivity contribution >= 4 is 5.91 Å². The third-order valence-electron chi connectivity index (χ3n) is 5.00. The normalized spacial score (nSPS) is 19.2. The molecule has 136 valence electrons. The van der Waals surface area contributed by atoms with Crippen molar-refractivity contribution in [3.05, 3.63) is 28.7 Å². The molecule has 25 heavy (non-hydrogen) atoms. The molecule has 0 bridgehead atoms. The number of piperidine rings is 1. The topological polar surface area (TPSA) is 85.3 Å².